The van der Waals surface area contributed by atoms with Crippen molar-refractivity contribution in [2.45, 2.75) is 34.2 Å². The summed E-state index contributed by atoms with van der Waals surface area (Å²) < 4.78 is 11.3. The molecule has 0 spiro atoms. The number of hydrogen-bond acceptors (Lipinski definition) is 7. The van der Waals surface area contributed by atoms with Crippen molar-refractivity contribution in [2.24, 2.45) is 0 Å². The molecule has 0 saturated heterocycles. The van der Waals surface area contributed by atoms with Crippen molar-refractivity contribution in [3.63, 3.8) is 0 Å². The predicted octanol–water partition coefficient (Wildman–Crippen LogP) is 2.72. The first-order valence-electron chi connectivity index (χ1n) is 7.92. The zero-order valence-electron chi connectivity index (χ0n) is 15.6. The Morgan fingerprint density at radius 3 is 2.19 bits per heavy atom. The smallest absolute Gasteiger partial charge is 0.348 e. The number of hydrogen-bond donors (Lipinski definition) is 1. The maximum Gasteiger partial charge on any atom is 0.348 e. The Bertz CT molecular complexity index is 882. The molecule has 2 aromatic rings. The molecule has 0 aliphatic heterocycles. The van der Waals surface area contributed by atoms with E-state index in [0.717, 1.165) is 17.0 Å². The lowest BCUT2D eigenvalue weighted by Crippen LogP contribution is -2.16. The predicted molar refractivity (Wildman–Crippen MR) is 97.1 cm³/mol. The van der Waals surface area contributed by atoms with Crippen molar-refractivity contribution in [1.29, 1.82) is 0 Å². The van der Waals surface area contributed by atoms with E-state index >= 15 is 0 Å². The van der Waals surface area contributed by atoms with Crippen LogP contribution in [0.3, 0.4) is 0 Å². The van der Waals surface area contributed by atoms with Crippen LogP contribution in [0.4, 0.5) is 5.00 Å². The molecular formula is C17H21N3O5S. The van der Waals surface area contributed by atoms with E-state index < -0.39 is 17.8 Å². The Hall–Kier alpha value is -2.68. The molecule has 0 atom stereocenters. The molecule has 1 N–H and O–H groups in total. The van der Waals surface area contributed by atoms with Gasteiger partial charge in [-0.2, -0.15) is 5.10 Å². The minimum Gasteiger partial charge on any atom is -0.465 e. The number of esters is 2. The highest BCUT2D eigenvalue weighted by Gasteiger charge is 2.28. The van der Waals surface area contributed by atoms with E-state index in [9.17, 15) is 14.4 Å². The fourth-order valence-electron chi connectivity index (χ4n) is 2.74. The number of aromatic nitrogens is 2. The van der Waals surface area contributed by atoms with Crippen LogP contribution in [0.5, 0.6) is 0 Å². The van der Waals surface area contributed by atoms with E-state index in [1.165, 1.54) is 14.2 Å². The van der Waals surface area contributed by atoms with Crippen molar-refractivity contribution in [1.82, 2.24) is 9.78 Å². The van der Waals surface area contributed by atoms with Crippen LogP contribution in [0.25, 0.3) is 0 Å². The van der Waals surface area contributed by atoms with Crippen LogP contribution < -0.4 is 5.32 Å². The first-order valence-corrected chi connectivity index (χ1v) is 8.73. The van der Waals surface area contributed by atoms with Gasteiger partial charge in [-0.3, -0.25) is 9.48 Å². The number of methoxy groups -OCH3 is 2. The molecule has 8 nitrogen and oxygen atoms in total. The summed E-state index contributed by atoms with van der Waals surface area (Å²) in [4.78, 5) is 37.1. The van der Waals surface area contributed by atoms with Gasteiger partial charge in [0, 0.05) is 12.2 Å². The van der Waals surface area contributed by atoms with E-state index in [4.69, 9.17) is 9.47 Å². The number of rotatable bonds is 5. The standard InChI is InChI=1S/C17H21N3O5S/c1-7-20-10(4)12(9(3)19-20)14(21)18-15-11(16(22)24-5)8(2)13(26-15)17(23)25-6/h7H2,1-6H3,(H,18,21). The maximum atomic E-state index is 12.8. The number of nitrogens with one attached hydrogen (secondary N) is 1. The number of aryl methyl sites for hydroxylation is 2. The van der Waals surface area contributed by atoms with Crippen LogP contribution in [0, 0.1) is 20.8 Å². The fourth-order valence-corrected chi connectivity index (χ4v) is 3.84. The minimum absolute atomic E-state index is 0.143. The number of anilines is 1. The van der Waals surface area contributed by atoms with E-state index in [1.807, 2.05) is 6.92 Å². The van der Waals surface area contributed by atoms with Gasteiger partial charge < -0.3 is 14.8 Å². The number of nitrogens with zero attached hydrogens (tertiary/aromatic N) is 2. The molecule has 2 rings (SSSR count). The van der Waals surface area contributed by atoms with E-state index in [2.05, 4.69) is 10.4 Å². The van der Waals surface area contributed by atoms with Crippen molar-refractivity contribution in [2.75, 3.05) is 19.5 Å². The van der Waals surface area contributed by atoms with Gasteiger partial charge in [0.1, 0.15) is 9.88 Å². The van der Waals surface area contributed by atoms with E-state index in [0.29, 0.717) is 23.4 Å². The molecule has 140 valence electrons. The molecule has 0 radical (unpaired) electrons. The molecule has 9 heteroatoms. The monoisotopic (exact) mass is 379 g/mol. The number of ether oxygens (including phenoxy) is 2. The summed E-state index contributed by atoms with van der Waals surface area (Å²) in [7, 11) is 2.49. The topological polar surface area (TPSA) is 99.5 Å². The molecule has 0 unspecified atom stereocenters. The van der Waals surface area contributed by atoms with Gasteiger partial charge in [-0.1, -0.05) is 0 Å². The van der Waals surface area contributed by atoms with Gasteiger partial charge in [-0.05, 0) is 33.3 Å². The third kappa shape index (κ3) is 3.34. The van der Waals surface area contributed by atoms with Gasteiger partial charge >= 0.3 is 11.9 Å². The summed E-state index contributed by atoms with van der Waals surface area (Å²) in [5, 5.41) is 7.28. The van der Waals surface area contributed by atoms with Gasteiger partial charge in [0.05, 0.1) is 31.0 Å². The average Bonchev–Trinajstić information content (AvgIpc) is 3.09. The van der Waals surface area contributed by atoms with Gasteiger partial charge in [0.25, 0.3) is 5.91 Å². The molecule has 0 aromatic carbocycles. The molecule has 26 heavy (non-hydrogen) atoms. The Morgan fingerprint density at radius 2 is 1.69 bits per heavy atom. The second-order valence-electron chi connectivity index (χ2n) is 5.56. The maximum absolute atomic E-state index is 12.8. The molecule has 0 saturated carbocycles. The third-order valence-corrected chi connectivity index (χ3v) is 5.23. The largest absolute Gasteiger partial charge is 0.465 e. The van der Waals surface area contributed by atoms with Crippen LogP contribution in [0.15, 0.2) is 0 Å². The molecule has 1 amide bonds. The van der Waals surface area contributed by atoms with Crippen molar-refractivity contribution in [3.8, 4) is 0 Å². The number of carbonyl (C=O) groups excluding carboxylic acids is 3. The molecular weight excluding hydrogens is 358 g/mol. The first-order chi connectivity index (χ1) is 12.3. The van der Waals surface area contributed by atoms with Crippen LogP contribution in [0.1, 0.15) is 54.3 Å². The highest BCUT2D eigenvalue weighted by Crippen LogP contribution is 2.34. The zero-order chi connectivity index (χ0) is 19.6. The molecule has 2 heterocycles. The summed E-state index contributed by atoms with van der Waals surface area (Å²) in [6.07, 6.45) is 0. The number of thiophene rings is 1. The minimum atomic E-state index is -0.637. The first kappa shape index (κ1) is 19.6. The van der Waals surface area contributed by atoms with Crippen LogP contribution in [0.2, 0.25) is 0 Å². The van der Waals surface area contributed by atoms with E-state index in [-0.39, 0.29) is 15.4 Å². The summed E-state index contributed by atoms with van der Waals surface area (Å²) in [5.41, 5.74) is 2.30. The number of amides is 1. The fraction of sp³-hybridized carbons (Fsp3) is 0.412. The highest BCUT2D eigenvalue weighted by atomic mass is 32.1. The van der Waals surface area contributed by atoms with Crippen molar-refractivity contribution in [3.05, 3.63) is 33.0 Å². The van der Waals surface area contributed by atoms with Crippen LogP contribution in [-0.2, 0) is 16.0 Å². The quantitative estimate of drug-likeness (QED) is 0.802. The molecule has 0 bridgehead atoms. The van der Waals surface area contributed by atoms with Gasteiger partial charge in [-0.15, -0.1) is 11.3 Å². The Labute approximate surface area is 155 Å². The lowest BCUT2D eigenvalue weighted by molar-refractivity contribution is 0.0601. The Balaban J connectivity index is 2.49. The van der Waals surface area contributed by atoms with Crippen molar-refractivity contribution < 1.29 is 23.9 Å². The molecule has 0 aliphatic rings. The zero-order valence-corrected chi connectivity index (χ0v) is 16.4. The molecule has 2 aromatic heterocycles. The summed E-state index contributed by atoms with van der Waals surface area (Å²) in [6, 6.07) is 0. The van der Waals surface area contributed by atoms with Gasteiger partial charge in [0.2, 0.25) is 0 Å². The summed E-state index contributed by atoms with van der Waals surface area (Å²) in [6.45, 7) is 7.73. The van der Waals surface area contributed by atoms with Crippen molar-refractivity contribution >= 4 is 34.2 Å². The van der Waals surface area contributed by atoms with Gasteiger partial charge in [0.15, 0.2) is 0 Å². The lowest BCUT2D eigenvalue weighted by atomic mass is 10.1. The molecule has 0 fully saturated rings. The highest BCUT2D eigenvalue weighted by molar-refractivity contribution is 7.18. The summed E-state index contributed by atoms with van der Waals surface area (Å²) >= 11 is 0.975. The van der Waals surface area contributed by atoms with Gasteiger partial charge in [-0.25, -0.2) is 9.59 Å². The SMILES string of the molecule is CCn1nc(C)c(C(=O)Nc2sc(C(=O)OC)c(C)c2C(=O)OC)c1C. The Morgan fingerprint density at radius 1 is 1.08 bits per heavy atom. The van der Waals surface area contributed by atoms with Crippen LogP contribution in [-0.4, -0.2) is 41.8 Å². The third-order valence-electron chi connectivity index (χ3n) is 4.04. The average molecular weight is 379 g/mol. The summed E-state index contributed by atoms with van der Waals surface area (Å²) in [5.74, 6) is -1.62. The Kier molecular flexibility index (Phi) is 5.81. The van der Waals surface area contributed by atoms with Crippen LogP contribution >= 0.6 is 11.3 Å². The number of carbonyl (C=O) groups is 3. The normalized spacial score (nSPS) is 10.5. The lowest BCUT2D eigenvalue weighted by Gasteiger charge is -2.07. The van der Waals surface area contributed by atoms with E-state index in [1.54, 1.807) is 25.5 Å². The second kappa shape index (κ2) is 7.69. The second-order valence-corrected chi connectivity index (χ2v) is 6.58. The molecule has 0 aliphatic carbocycles.